The van der Waals surface area contributed by atoms with Crippen LogP contribution in [0.25, 0.3) is 0 Å². The van der Waals surface area contributed by atoms with Gasteiger partial charge in [0, 0.05) is 18.8 Å². The van der Waals surface area contributed by atoms with Gasteiger partial charge in [-0.2, -0.15) is 0 Å². The van der Waals surface area contributed by atoms with Crippen molar-refractivity contribution in [1.82, 2.24) is 4.98 Å². The molecular weight excluding hydrogens is 258 g/mol. The molecule has 0 aliphatic rings. The summed E-state index contributed by atoms with van der Waals surface area (Å²) in [6.45, 7) is 1.96. The summed E-state index contributed by atoms with van der Waals surface area (Å²) in [7, 11) is 1.73. The van der Waals surface area contributed by atoms with Crippen LogP contribution in [0.4, 0.5) is 23.0 Å². The second-order valence-corrected chi connectivity index (χ2v) is 4.34. The van der Waals surface area contributed by atoms with E-state index in [4.69, 9.17) is 5.84 Å². The SMILES string of the molecule is Cc1cccc(N(C)c2nc(NN)ccc2[N+](=O)[O-])c1. The number of anilines is 3. The van der Waals surface area contributed by atoms with Crippen LogP contribution in [0.3, 0.4) is 0 Å². The van der Waals surface area contributed by atoms with E-state index in [1.54, 1.807) is 11.9 Å². The first-order chi connectivity index (χ1) is 9.52. The van der Waals surface area contributed by atoms with Gasteiger partial charge in [0.05, 0.1) is 4.92 Å². The summed E-state index contributed by atoms with van der Waals surface area (Å²) >= 11 is 0. The average molecular weight is 273 g/mol. The fraction of sp³-hybridized carbons (Fsp3) is 0.154. The second-order valence-electron chi connectivity index (χ2n) is 4.34. The minimum atomic E-state index is -0.463. The van der Waals surface area contributed by atoms with Gasteiger partial charge in [-0.05, 0) is 30.7 Å². The van der Waals surface area contributed by atoms with E-state index in [2.05, 4.69) is 10.4 Å². The van der Waals surface area contributed by atoms with Crippen LogP contribution in [0, 0.1) is 17.0 Å². The summed E-state index contributed by atoms with van der Waals surface area (Å²) in [6.07, 6.45) is 0. The molecule has 0 spiro atoms. The van der Waals surface area contributed by atoms with Gasteiger partial charge in [0.15, 0.2) is 0 Å². The van der Waals surface area contributed by atoms with Crippen molar-refractivity contribution in [2.24, 2.45) is 5.84 Å². The van der Waals surface area contributed by atoms with Crippen molar-refractivity contribution in [3.05, 3.63) is 52.1 Å². The van der Waals surface area contributed by atoms with Gasteiger partial charge in [0.25, 0.3) is 0 Å². The number of nitro groups is 1. The molecule has 20 heavy (non-hydrogen) atoms. The number of hydrogen-bond acceptors (Lipinski definition) is 6. The minimum absolute atomic E-state index is 0.0759. The molecule has 0 aliphatic heterocycles. The van der Waals surface area contributed by atoms with Crippen LogP contribution < -0.4 is 16.2 Å². The Morgan fingerprint density at radius 1 is 1.35 bits per heavy atom. The number of nitrogens with two attached hydrogens (primary N) is 1. The molecule has 0 radical (unpaired) electrons. The Balaban J connectivity index is 2.52. The number of aryl methyl sites for hydroxylation is 1. The van der Waals surface area contributed by atoms with Crippen LogP contribution in [0.2, 0.25) is 0 Å². The molecule has 2 rings (SSSR count). The lowest BCUT2D eigenvalue weighted by Gasteiger charge is -2.19. The topological polar surface area (TPSA) is 97.3 Å². The fourth-order valence-corrected chi connectivity index (χ4v) is 1.87. The molecule has 2 aromatic rings. The predicted octanol–water partition coefficient (Wildman–Crippen LogP) is 2.35. The van der Waals surface area contributed by atoms with Crippen molar-refractivity contribution in [3.63, 3.8) is 0 Å². The first kappa shape index (κ1) is 13.8. The maximum Gasteiger partial charge on any atom is 0.312 e. The molecule has 1 heterocycles. The van der Waals surface area contributed by atoms with Crippen LogP contribution in [0.1, 0.15) is 5.56 Å². The number of nitrogens with one attached hydrogen (secondary N) is 1. The Labute approximate surface area is 116 Å². The van der Waals surface area contributed by atoms with Gasteiger partial charge in [-0.15, -0.1) is 0 Å². The van der Waals surface area contributed by atoms with Crippen LogP contribution in [0.15, 0.2) is 36.4 Å². The fourth-order valence-electron chi connectivity index (χ4n) is 1.87. The highest BCUT2D eigenvalue weighted by Gasteiger charge is 2.20. The number of aromatic nitrogens is 1. The summed E-state index contributed by atoms with van der Waals surface area (Å²) in [5, 5.41) is 11.1. The van der Waals surface area contributed by atoms with Gasteiger partial charge in [-0.3, -0.25) is 10.1 Å². The third-order valence-electron chi connectivity index (χ3n) is 2.91. The highest BCUT2D eigenvalue weighted by molar-refractivity contribution is 5.69. The Kier molecular flexibility index (Phi) is 3.81. The molecule has 0 bridgehead atoms. The lowest BCUT2D eigenvalue weighted by atomic mass is 10.2. The van der Waals surface area contributed by atoms with E-state index in [0.29, 0.717) is 5.82 Å². The zero-order chi connectivity index (χ0) is 14.7. The summed E-state index contributed by atoms with van der Waals surface area (Å²) in [4.78, 5) is 16.5. The first-order valence-electron chi connectivity index (χ1n) is 5.95. The number of pyridine rings is 1. The number of rotatable bonds is 4. The van der Waals surface area contributed by atoms with Crippen molar-refractivity contribution in [3.8, 4) is 0 Å². The summed E-state index contributed by atoms with van der Waals surface area (Å²) in [6, 6.07) is 10.5. The minimum Gasteiger partial charge on any atom is -0.324 e. The van der Waals surface area contributed by atoms with E-state index < -0.39 is 4.92 Å². The Bertz CT molecular complexity index is 644. The Morgan fingerprint density at radius 2 is 2.10 bits per heavy atom. The van der Waals surface area contributed by atoms with E-state index in [0.717, 1.165) is 11.3 Å². The molecule has 7 nitrogen and oxygen atoms in total. The van der Waals surface area contributed by atoms with Crippen molar-refractivity contribution in [2.45, 2.75) is 6.92 Å². The van der Waals surface area contributed by atoms with E-state index >= 15 is 0 Å². The molecule has 7 heteroatoms. The molecule has 3 N–H and O–H groups in total. The van der Waals surface area contributed by atoms with Gasteiger partial charge in [0.2, 0.25) is 5.82 Å². The number of benzene rings is 1. The maximum atomic E-state index is 11.1. The highest BCUT2D eigenvalue weighted by Crippen LogP contribution is 2.31. The largest absolute Gasteiger partial charge is 0.324 e. The van der Waals surface area contributed by atoms with Gasteiger partial charge in [0.1, 0.15) is 5.82 Å². The number of nitrogens with zero attached hydrogens (tertiary/aromatic N) is 3. The summed E-state index contributed by atoms with van der Waals surface area (Å²) < 4.78 is 0. The molecule has 0 fully saturated rings. The lowest BCUT2D eigenvalue weighted by Crippen LogP contribution is -2.16. The smallest absolute Gasteiger partial charge is 0.312 e. The molecule has 0 saturated carbocycles. The van der Waals surface area contributed by atoms with E-state index in [1.807, 2.05) is 31.2 Å². The first-order valence-corrected chi connectivity index (χ1v) is 5.95. The molecule has 104 valence electrons. The van der Waals surface area contributed by atoms with Gasteiger partial charge in [-0.1, -0.05) is 12.1 Å². The molecule has 0 amide bonds. The molecule has 1 aromatic heterocycles. The molecule has 0 aliphatic carbocycles. The van der Waals surface area contributed by atoms with Gasteiger partial charge in [-0.25, -0.2) is 10.8 Å². The lowest BCUT2D eigenvalue weighted by molar-refractivity contribution is -0.384. The van der Waals surface area contributed by atoms with Crippen LogP contribution in [-0.2, 0) is 0 Å². The zero-order valence-corrected chi connectivity index (χ0v) is 11.2. The van der Waals surface area contributed by atoms with Crippen LogP contribution >= 0.6 is 0 Å². The normalized spacial score (nSPS) is 10.2. The van der Waals surface area contributed by atoms with Crippen LogP contribution in [-0.4, -0.2) is 17.0 Å². The molecule has 0 atom stereocenters. The predicted molar refractivity (Wildman–Crippen MR) is 77.9 cm³/mol. The Hall–Kier alpha value is -2.67. The molecule has 0 saturated heterocycles. The van der Waals surface area contributed by atoms with E-state index in [-0.39, 0.29) is 11.5 Å². The quantitative estimate of drug-likeness (QED) is 0.504. The zero-order valence-electron chi connectivity index (χ0n) is 11.2. The van der Waals surface area contributed by atoms with Crippen LogP contribution in [0.5, 0.6) is 0 Å². The highest BCUT2D eigenvalue weighted by atomic mass is 16.6. The van der Waals surface area contributed by atoms with E-state index in [1.165, 1.54) is 12.1 Å². The van der Waals surface area contributed by atoms with Gasteiger partial charge >= 0.3 is 5.69 Å². The van der Waals surface area contributed by atoms with Crippen molar-refractivity contribution < 1.29 is 4.92 Å². The average Bonchev–Trinajstić information content (AvgIpc) is 2.45. The second kappa shape index (κ2) is 5.54. The third-order valence-corrected chi connectivity index (χ3v) is 2.91. The molecule has 0 unspecified atom stereocenters. The van der Waals surface area contributed by atoms with Crippen molar-refractivity contribution in [1.29, 1.82) is 0 Å². The summed E-state index contributed by atoms with van der Waals surface area (Å²) in [5.41, 5.74) is 4.19. The Morgan fingerprint density at radius 3 is 2.70 bits per heavy atom. The summed E-state index contributed by atoms with van der Waals surface area (Å²) in [5.74, 6) is 5.91. The number of hydrogen-bond donors (Lipinski definition) is 2. The number of nitrogen functional groups attached to an aromatic ring is 1. The van der Waals surface area contributed by atoms with Crippen molar-refractivity contribution in [2.75, 3.05) is 17.4 Å². The van der Waals surface area contributed by atoms with E-state index in [9.17, 15) is 10.1 Å². The third kappa shape index (κ3) is 2.67. The maximum absolute atomic E-state index is 11.1. The van der Waals surface area contributed by atoms with Crippen molar-refractivity contribution >= 4 is 23.0 Å². The molecule has 1 aromatic carbocycles. The molecular formula is C13H15N5O2. The number of hydrazine groups is 1. The monoisotopic (exact) mass is 273 g/mol. The standard InChI is InChI=1S/C13H15N5O2/c1-9-4-3-5-10(8-9)17(2)13-11(18(19)20)6-7-12(15-13)16-14/h3-8H,14H2,1-2H3,(H,15,16). The van der Waals surface area contributed by atoms with Gasteiger partial charge < -0.3 is 10.3 Å².